The van der Waals surface area contributed by atoms with Crippen molar-refractivity contribution in [3.63, 3.8) is 0 Å². The van der Waals surface area contributed by atoms with Crippen LogP contribution >= 0.6 is 0 Å². The van der Waals surface area contributed by atoms with Gasteiger partial charge in [-0.25, -0.2) is 4.39 Å². The van der Waals surface area contributed by atoms with Crippen molar-refractivity contribution < 1.29 is 13.7 Å². The maximum absolute atomic E-state index is 13.8. The Morgan fingerprint density at radius 2 is 2.00 bits per heavy atom. The SMILES string of the molecule is Cc1cc(NCc2cccc([N+](=O)[O-])c2F)ccc1F. The molecule has 0 saturated carbocycles. The second-order valence-electron chi connectivity index (χ2n) is 4.32. The first-order valence-corrected chi connectivity index (χ1v) is 5.91. The van der Waals surface area contributed by atoms with Crippen LogP contribution in [0.15, 0.2) is 36.4 Å². The van der Waals surface area contributed by atoms with E-state index < -0.39 is 16.4 Å². The summed E-state index contributed by atoms with van der Waals surface area (Å²) in [5.74, 6) is -1.18. The molecule has 4 nitrogen and oxygen atoms in total. The van der Waals surface area contributed by atoms with E-state index in [1.54, 1.807) is 13.0 Å². The van der Waals surface area contributed by atoms with Gasteiger partial charge in [0.05, 0.1) is 4.92 Å². The summed E-state index contributed by atoms with van der Waals surface area (Å²) in [5.41, 5.74) is 0.713. The molecule has 0 aliphatic heterocycles. The first kappa shape index (κ1) is 13.9. The van der Waals surface area contributed by atoms with E-state index in [-0.39, 0.29) is 17.9 Å². The average Bonchev–Trinajstić information content (AvgIpc) is 2.41. The molecule has 104 valence electrons. The van der Waals surface area contributed by atoms with Crippen molar-refractivity contribution in [1.29, 1.82) is 0 Å². The maximum atomic E-state index is 13.8. The minimum atomic E-state index is -0.858. The fraction of sp³-hybridized carbons (Fsp3) is 0.143. The fourth-order valence-electron chi connectivity index (χ4n) is 1.80. The highest BCUT2D eigenvalue weighted by molar-refractivity contribution is 5.47. The summed E-state index contributed by atoms with van der Waals surface area (Å²) in [6.07, 6.45) is 0. The Hall–Kier alpha value is -2.50. The summed E-state index contributed by atoms with van der Waals surface area (Å²) in [6, 6.07) is 8.42. The molecule has 2 aromatic rings. The van der Waals surface area contributed by atoms with Gasteiger partial charge in [-0.2, -0.15) is 4.39 Å². The molecule has 0 spiro atoms. The second-order valence-corrected chi connectivity index (χ2v) is 4.32. The van der Waals surface area contributed by atoms with Gasteiger partial charge in [0.25, 0.3) is 0 Å². The predicted molar refractivity (Wildman–Crippen MR) is 71.5 cm³/mol. The Balaban J connectivity index is 2.17. The lowest BCUT2D eigenvalue weighted by molar-refractivity contribution is -0.387. The summed E-state index contributed by atoms with van der Waals surface area (Å²) >= 11 is 0. The van der Waals surface area contributed by atoms with Gasteiger partial charge in [0.2, 0.25) is 5.82 Å². The van der Waals surface area contributed by atoms with Crippen LogP contribution in [0.5, 0.6) is 0 Å². The highest BCUT2D eigenvalue weighted by Gasteiger charge is 2.16. The van der Waals surface area contributed by atoms with Gasteiger partial charge in [0.1, 0.15) is 5.82 Å². The first-order valence-electron chi connectivity index (χ1n) is 5.91. The predicted octanol–water partition coefficient (Wildman–Crippen LogP) is 3.79. The molecule has 0 amide bonds. The molecule has 0 unspecified atom stereocenters. The molecule has 6 heteroatoms. The summed E-state index contributed by atoms with van der Waals surface area (Å²) in [4.78, 5) is 9.87. The molecule has 0 aromatic heterocycles. The molecule has 0 aliphatic rings. The van der Waals surface area contributed by atoms with Gasteiger partial charge < -0.3 is 5.32 Å². The number of nitro benzene ring substituents is 1. The Morgan fingerprint density at radius 3 is 2.65 bits per heavy atom. The molecular weight excluding hydrogens is 266 g/mol. The molecule has 0 heterocycles. The third-order valence-corrected chi connectivity index (χ3v) is 2.90. The standard InChI is InChI=1S/C14H12F2N2O2/c1-9-7-11(5-6-12(9)15)17-8-10-3-2-4-13(14(10)16)18(19)20/h2-7,17H,8H2,1H3. The Bertz CT molecular complexity index is 660. The number of hydrogen-bond acceptors (Lipinski definition) is 3. The normalized spacial score (nSPS) is 10.3. The van der Waals surface area contributed by atoms with Crippen LogP contribution < -0.4 is 5.32 Å². The number of nitrogens with zero attached hydrogens (tertiary/aromatic N) is 1. The van der Waals surface area contributed by atoms with Gasteiger partial charge in [-0.1, -0.05) is 12.1 Å². The number of benzene rings is 2. The zero-order chi connectivity index (χ0) is 14.7. The largest absolute Gasteiger partial charge is 0.381 e. The van der Waals surface area contributed by atoms with Crippen molar-refractivity contribution in [2.75, 3.05) is 5.32 Å². The minimum absolute atomic E-state index is 0.0819. The van der Waals surface area contributed by atoms with Gasteiger partial charge in [-0.3, -0.25) is 10.1 Å². The van der Waals surface area contributed by atoms with Crippen molar-refractivity contribution in [3.8, 4) is 0 Å². The van der Waals surface area contributed by atoms with Crippen LogP contribution in [-0.4, -0.2) is 4.92 Å². The van der Waals surface area contributed by atoms with Gasteiger partial charge in [-0.05, 0) is 30.7 Å². The summed E-state index contributed by atoms with van der Waals surface area (Å²) in [7, 11) is 0. The van der Waals surface area contributed by atoms with E-state index in [9.17, 15) is 18.9 Å². The van der Waals surface area contributed by atoms with E-state index in [0.29, 0.717) is 11.3 Å². The van der Waals surface area contributed by atoms with Crippen molar-refractivity contribution in [2.45, 2.75) is 13.5 Å². The molecule has 20 heavy (non-hydrogen) atoms. The highest BCUT2D eigenvalue weighted by atomic mass is 19.1. The third kappa shape index (κ3) is 2.90. The quantitative estimate of drug-likeness (QED) is 0.683. The molecule has 0 bridgehead atoms. The zero-order valence-corrected chi connectivity index (χ0v) is 10.7. The average molecular weight is 278 g/mol. The van der Waals surface area contributed by atoms with E-state index in [1.165, 1.54) is 24.3 Å². The second kappa shape index (κ2) is 5.64. The van der Waals surface area contributed by atoms with E-state index >= 15 is 0 Å². The summed E-state index contributed by atoms with van der Waals surface area (Å²) < 4.78 is 26.9. The van der Waals surface area contributed by atoms with Gasteiger partial charge in [0, 0.05) is 23.9 Å². The molecule has 0 fully saturated rings. The molecule has 0 atom stereocenters. The minimum Gasteiger partial charge on any atom is -0.381 e. The van der Waals surface area contributed by atoms with Crippen LogP contribution in [0.4, 0.5) is 20.2 Å². The van der Waals surface area contributed by atoms with Gasteiger partial charge >= 0.3 is 5.69 Å². The number of nitro groups is 1. The molecule has 2 rings (SSSR count). The van der Waals surface area contributed by atoms with E-state index in [4.69, 9.17) is 0 Å². The zero-order valence-electron chi connectivity index (χ0n) is 10.7. The third-order valence-electron chi connectivity index (χ3n) is 2.90. The van der Waals surface area contributed by atoms with Crippen molar-refractivity contribution in [2.24, 2.45) is 0 Å². The number of aryl methyl sites for hydroxylation is 1. The number of anilines is 1. The lowest BCUT2D eigenvalue weighted by Crippen LogP contribution is -2.04. The van der Waals surface area contributed by atoms with Crippen molar-refractivity contribution in [1.82, 2.24) is 0 Å². The van der Waals surface area contributed by atoms with Gasteiger partial charge in [-0.15, -0.1) is 0 Å². The van der Waals surface area contributed by atoms with Crippen LogP contribution in [0.2, 0.25) is 0 Å². The summed E-state index contributed by atoms with van der Waals surface area (Å²) in [5, 5.41) is 13.5. The number of halogens is 2. The van der Waals surface area contributed by atoms with Crippen LogP contribution in [0.1, 0.15) is 11.1 Å². The number of nitrogens with one attached hydrogen (secondary N) is 1. The van der Waals surface area contributed by atoms with E-state index in [2.05, 4.69) is 5.32 Å². The van der Waals surface area contributed by atoms with E-state index in [0.717, 1.165) is 6.07 Å². The van der Waals surface area contributed by atoms with Crippen LogP contribution in [0.3, 0.4) is 0 Å². The van der Waals surface area contributed by atoms with Crippen LogP contribution in [0, 0.1) is 28.7 Å². The molecular formula is C14H12F2N2O2. The van der Waals surface area contributed by atoms with Crippen molar-refractivity contribution >= 4 is 11.4 Å². The topological polar surface area (TPSA) is 55.2 Å². The fourth-order valence-corrected chi connectivity index (χ4v) is 1.80. The number of rotatable bonds is 4. The molecule has 0 aliphatic carbocycles. The Labute approximate surface area is 114 Å². The lowest BCUT2D eigenvalue weighted by atomic mass is 10.1. The lowest BCUT2D eigenvalue weighted by Gasteiger charge is -2.08. The Kier molecular flexibility index (Phi) is 3.93. The summed E-state index contributed by atoms with van der Waals surface area (Å²) in [6.45, 7) is 1.70. The van der Waals surface area contributed by atoms with Gasteiger partial charge in [0.15, 0.2) is 0 Å². The first-order chi connectivity index (χ1) is 9.49. The number of hydrogen-bond donors (Lipinski definition) is 1. The molecule has 1 N–H and O–H groups in total. The van der Waals surface area contributed by atoms with E-state index in [1.807, 2.05) is 0 Å². The maximum Gasteiger partial charge on any atom is 0.305 e. The Morgan fingerprint density at radius 1 is 1.25 bits per heavy atom. The van der Waals surface area contributed by atoms with Crippen LogP contribution in [-0.2, 0) is 6.54 Å². The molecule has 0 saturated heterocycles. The van der Waals surface area contributed by atoms with Crippen molar-refractivity contribution in [3.05, 3.63) is 69.3 Å². The molecule has 2 aromatic carbocycles. The smallest absolute Gasteiger partial charge is 0.305 e. The highest BCUT2D eigenvalue weighted by Crippen LogP contribution is 2.21. The molecule has 0 radical (unpaired) electrons. The van der Waals surface area contributed by atoms with Crippen LogP contribution in [0.25, 0.3) is 0 Å². The monoisotopic (exact) mass is 278 g/mol.